The quantitative estimate of drug-likeness (QED) is 0.265. The van der Waals surface area contributed by atoms with E-state index in [-0.39, 0.29) is 35.3 Å². The van der Waals surface area contributed by atoms with Gasteiger partial charge in [-0.1, -0.05) is 55.9 Å². The zero-order valence-corrected chi connectivity index (χ0v) is 21.5. The molecule has 3 aromatic rings. The highest BCUT2D eigenvalue weighted by molar-refractivity contribution is 7.99. The van der Waals surface area contributed by atoms with E-state index >= 15 is 0 Å². The Kier molecular flexibility index (Phi) is 8.43. The average molecular weight is 510 g/mol. The summed E-state index contributed by atoms with van der Waals surface area (Å²) in [5, 5.41) is 3.94. The first-order valence-corrected chi connectivity index (χ1v) is 13.1. The molecule has 190 valence electrons. The van der Waals surface area contributed by atoms with Crippen LogP contribution in [0, 0.1) is 5.92 Å². The molecular formula is C27H31N3O5S. The van der Waals surface area contributed by atoms with Gasteiger partial charge in [-0.05, 0) is 42.5 Å². The van der Waals surface area contributed by atoms with Gasteiger partial charge >= 0.3 is 5.97 Å². The van der Waals surface area contributed by atoms with Crippen LogP contribution < -0.4 is 10.9 Å². The maximum Gasteiger partial charge on any atom is 0.337 e. The number of hydrogen-bond donors (Lipinski definition) is 1. The molecule has 2 aromatic carbocycles. The summed E-state index contributed by atoms with van der Waals surface area (Å²) in [7, 11) is 1.30. The number of carbonyl (C=O) groups is 2. The minimum Gasteiger partial charge on any atom is -0.465 e. The number of nitrogens with zero attached hydrogens (tertiary/aromatic N) is 2. The highest BCUT2D eigenvalue weighted by Crippen LogP contribution is 2.24. The third-order valence-corrected chi connectivity index (χ3v) is 7.20. The van der Waals surface area contributed by atoms with Crippen molar-refractivity contribution in [3.8, 4) is 0 Å². The van der Waals surface area contributed by atoms with E-state index < -0.39 is 5.97 Å². The number of benzene rings is 2. The molecule has 1 N–H and O–H groups in total. The molecule has 1 saturated heterocycles. The fraction of sp³-hybridized carbons (Fsp3) is 0.407. The Morgan fingerprint density at radius 1 is 1.22 bits per heavy atom. The van der Waals surface area contributed by atoms with E-state index in [1.807, 2.05) is 30.3 Å². The van der Waals surface area contributed by atoms with Crippen LogP contribution in [0.15, 0.2) is 58.5 Å². The molecule has 36 heavy (non-hydrogen) atoms. The molecule has 0 saturated carbocycles. The zero-order valence-electron chi connectivity index (χ0n) is 20.7. The monoisotopic (exact) mass is 509 g/mol. The standard InChI is InChI=1S/C27H31N3O5S/c1-17(2)24(18-8-5-4-6-9-18)29-23(31)16-36-27-28-22-14-19(26(33)34-3)11-12-21(22)25(32)30(27)15-20-10-7-13-35-20/h4-6,8-9,11-12,14,17,20,24H,7,10,13,15-16H2,1-3H3,(H,29,31)/t20-,24-/m0/s1. The van der Waals surface area contributed by atoms with Gasteiger partial charge in [0.25, 0.3) is 5.56 Å². The maximum atomic E-state index is 13.4. The molecule has 0 aliphatic carbocycles. The number of carbonyl (C=O) groups excluding carboxylic acids is 2. The Hall–Kier alpha value is -3.17. The van der Waals surface area contributed by atoms with Gasteiger partial charge in [-0.15, -0.1) is 0 Å². The van der Waals surface area contributed by atoms with E-state index in [1.165, 1.54) is 18.9 Å². The van der Waals surface area contributed by atoms with Crippen LogP contribution in [0.5, 0.6) is 0 Å². The summed E-state index contributed by atoms with van der Waals surface area (Å²) in [6.07, 6.45) is 1.74. The second-order valence-corrected chi connectivity index (χ2v) is 10.1. The number of amides is 1. The highest BCUT2D eigenvalue weighted by Gasteiger charge is 2.23. The lowest BCUT2D eigenvalue weighted by Crippen LogP contribution is -2.33. The molecule has 2 atom stereocenters. The summed E-state index contributed by atoms with van der Waals surface area (Å²) in [6.45, 7) is 5.16. The first-order chi connectivity index (χ1) is 17.4. The van der Waals surface area contributed by atoms with Crippen molar-refractivity contribution in [2.75, 3.05) is 19.5 Å². The molecule has 0 spiro atoms. The number of fused-ring (bicyclic) bond motifs is 1. The van der Waals surface area contributed by atoms with Crippen molar-refractivity contribution < 1.29 is 19.1 Å². The number of hydrogen-bond acceptors (Lipinski definition) is 7. The summed E-state index contributed by atoms with van der Waals surface area (Å²) < 4.78 is 12.2. The van der Waals surface area contributed by atoms with Gasteiger partial charge in [0.1, 0.15) is 0 Å². The van der Waals surface area contributed by atoms with Crippen molar-refractivity contribution >= 4 is 34.5 Å². The number of ether oxygens (including phenoxy) is 2. The Morgan fingerprint density at radius 2 is 2.00 bits per heavy atom. The van der Waals surface area contributed by atoms with Gasteiger partial charge in [0.2, 0.25) is 5.91 Å². The smallest absolute Gasteiger partial charge is 0.337 e. The summed E-state index contributed by atoms with van der Waals surface area (Å²) in [5.41, 5.74) is 1.52. The molecule has 1 aromatic heterocycles. The lowest BCUT2D eigenvalue weighted by atomic mass is 9.96. The molecule has 9 heteroatoms. The maximum absolute atomic E-state index is 13.4. The molecule has 8 nitrogen and oxygen atoms in total. The lowest BCUT2D eigenvalue weighted by Gasteiger charge is -2.23. The van der Waals surface area contributed by atoms with Crippen molar-refractivity contribution in [2.24, 2.45) is 5.92 Å². The van der Waals surface area contributed by atoms with Crippen LogP contribution in [0.2, 0.25) is 0 Å². The number of nitrogens with one attached hydrogen (secondary N) is 1. The van der Waals surface area contributed by atoms with Crippen LogP contribution in [0.1, 0.15) is 48.7 Å². The van der Waals surface area contributed by atoms with Crippen LogP contribution in [-0.4, -0.2) is 47.0 Å². The Balaban J connectivity index is 1.60. The van der Waals surface area contributed by atoms with Crippen LogP contribution in [0.4, 0.5) is 0 Å². The van der Waals surface area contributed by atoms with Gasteiger partial charge in [-0.3, -0.25) is 14.2 Å². The molecular weight excluding hydrogens is 478 g/mol. The normalized spacial score (nSPS) is 16.3. The fourth-order valence-corrected chi connectivity index (χ4v) is 5.17. The number of rotatable bonds is 9. The topological polar surface area (TPSA) is 99.5 Å². The van der Waals surface area contributed by atoms with Crippen LogP contribution >= 0.6 is 11.8 Å². The van der Waals surface area contributed by atoms with Crippen molar-refractivity contribution in [3.05, 3.63) is 70.0 Å². The molecule has 2 heterocycles. The Labute approximate surface area is 214 Å². The Morgan fingerprint density at radius 3 is 2.67 bits per heavy atom. The minimum absolute atomic E-state index is 0.0760. The predicted molar refractivity (Wildman–Crippen MR) is 139 cm³/mol. The van der Waals surface area contributed by atoms with E-state index in [4.69, 9.17) is 9.47 Å². The first kappa shape index (κ1) is 25.9. The second kappa shape index (κ2) is 11.7. The lowest BCUT2D eigenvalue weighted by molar-refractivity contribution is -0.119. The summed E-state index contributed by atoms with van der Waals surface area (Å²) in [6, 6.07) is 14.4. The molecule has 1 fully saturated rings. The molecule has 1 amide bonds. The summed E-state index contributed by atoms with van der Waals surface area (Å²) in [5.74, 6) is -0.356. The third-order valence-electron chi connectivity index (χ3n) is 6.23. The fourth-order valence-electron chi connectivity index (χ4n) is 4.35. The van der Waals surface area contributed by atoms with Gasteiger partial charge < -0.3 is 14.8 Å². The van der Waals surface area contributed by atoms with Gasteiger partial charge in [-0.2, -0.15) is 0 Å². The summed E-state index contributed by atoms with van der Waals surface area (Å²) >= 11 is 1.20. The molecule has 0 bridgehead atoms. The number of thioether (sulfide) groups is 1. The summed E-state index contributed by atoms with van der Waals surface area (Å²) in [4.78, 5) is 43.1. The molecule has 1 aliphatic rings. The molecule has 4 rings (SSSR count). The van der Waals surface area contributed by atoms with E-state index in [2.05, 4.69) is 24.1 Å². The second-order valence-electron chi connectivity index (χ2n) is 9.16. The van der Waals surface area contributed by atoms with Crippen molar-refractivity contribution in [1.82, 2.24) is 14.9 Å². The molecule has 0 unspecified atom stereocenters. The number of methoxy groups -OCH3 is 1. The van der Waals surface area contributed by atoms with Crippen molar-refractivity contribution in [2.45, 2.75) is 50.5 Å². The van der Waals surface area contributed by atoms with Gasteiger partial charge in [-0.25, -0.2) is 9.78 Å². The van der Waals surface area contributed by atoms with E-state index in [9.17, 15) is 14.4 Å². The number of aromatic nitrogens is 2. The SMILES string of the molecule is COC(=O)c1ccc2c(=O)n(C[C@@H]3CCCO3)c(SCC(=O)N[C@H](c3ccccc3)C(C)C)nc2c1. The molecule has 0 radical (unpaired) electrons. The molecule has 1 aliphatic heterocycles. The largest absolute Gasteiger partial charge is 0.465 e. The van der Waals surface area contributed by atoms with Gasteiger partial charge in [0.15, 0.2) is 5.16 Å². The first-order valence-electron chi connectivity index (χ1n) is 12.1. The van der Waals surface area contributed by atoms with Crippen LogP contribution in [0.3, 0.4) is 0 Å². The van der Waals surface area contributed by atoms with Gasteiger partial charge in [0, 0.05) is 6.61 Å². The van der Waals surface area contributed by atoms with E-state index in [0.29, 0.717) is 34.8 Å². The van der Waals surface area contributed by atoms with Crippen LogP contribution in [-0.2, 0) is 20.8 Å². The highest BCUT2D eigenvalue weighted by atomic mass is 32.2. The van der Waals surface area contributed by atoms with Crippen LogP contribution in [0.25, 0.3) is 10.9 Å². The van der Waals surface area contributed by atoms with Crippen molar-refractivity contribution in [3.63, 3.8) is 0 Å². The van der Waals surface area contributed by atoms with E-state index in [0.717, 1.165) is 18.4 Å². The zero-order chi connectivity index (χ0) is 25.7. The predicted octanol–water partition coefficient (Wildman–Crippen LogP) is 3.97. The third kappa shape index (κ3) is 5.96. The van der Waals surface area contributed by atoms with Gasteiger partial charge in [0.05, 0.1) is 48.0 Å². The Bertz CT molecular complexity index is 1290. The number of esters is 1. The van der Waals surface area contributed by atoms with E-state index in [1.54, 1.807) is 22.8 Å². The van der Waals surface area contributed by atoms with Crippen molar-refractivity contribution in [1.29, 1.82) is 0 Å². The average Bonchev–Trinajstić information content (AvgIpc) is 3.40. The minimum atomic E-state index is -0.503.